The van der Waals surface area contributed by atoms with Gasteiger partial charge in [0.05, 0.1) is 12.0 Å². The zero-order valence-corrected chi connectivity index (χ0v) is 17.4. The lowest BCUT2D eigenvalue weighted by atomic mass is 9.97. The van der Waals surface area contributed by atoms with Crippen LogP contribution in [0.1, 0.15) is 41.9 Å². The number of aromatic amines is 1. The number of nitrogens with zero attached hydrogens (tertiary/aromatic N) is 1. The van der Waals surface area contributed by atoms with Crippen molar-refractivity contribution < 1.29 is 13.9 Å². The number of H-pyrrole nitrogens is 1. The summed E-state index contributed by atoms with van der Waals surface area (Å²) in [5, 5.41) is 3.55. The van der Waals surface area contributed by atoms with Crippen LogP contribution in [0, 0.1) is 5.82 Å². The predicted octanol–water partition coefficient (Wildman–Crippen LogP) is 3.52. The van der Waals surface area contributed by atoms with Crippen molar-refractivity contribution in [3.8, 4) is 5.75 Å². The fourth-order valence-electron chi connectivity index (χ4n) is 3.69. The number of benzene rings is 1. The lowest BCUT2D eigenvalue weighted by molar-refractivity contribution is -0.121. The molecule has 0 saturated heterocycles. The van der Waals surface area contributed by atoms with Gasteiger partial charge in [0.1, 0.15) is 10.7 Å². The summed E-state index contributed by atoms with van der Waals surface area (Å²) in [6, 6.07) is 6.23. The van der Waals surface area contributed by atoms with E-state index in [4.69, 9.17) is 4.74 Å². The van der Waals surface area contributed by atoms with Crippen LogP contribution < -0.4 is 15.6 Å². The second kappa shape index (κ2) is 9.38. The van der Waals surface area contributed by atoms with E-state index in [0.717, 1.165) is 41.5 Å². The third kappa shape index (κ3) is 4.70. The molecule has 2 heterocycles. The SMILES string of the molecule is O=C(CCc1nc2sc3c(c2c(=O)[nH]1)CCCC3)NCCCOc1ccccc1F. The summed E-state index contributed by atoms with van der Waals surface area (Å²) in [5.41, 5.74) is 1.07. The quantitative estimate of drug-likeness (QED) is 0.537. The number of fused-ring (bicyclic) bond motifs is 3. The Kier molecular flexibility index (Phi) is 6.42. The van der Waals surface area contributed by atoms with Crippen molar-refractivity contribution in [3.05, 3.63) is 56.7 Å². The number of para-hydroxylation sites is 1. The number of thiophene rings is 1. The van der Waals surface area contributed by atoms with Gasteiger partial charge in [0, 0.05) is 24.3 Å². The molecule has 2 aromatic heterocycles. The van der Waals surface area contributed by atoms with Gasteiger partial charge in [-0.25, -0.2) is 9.37 Å². The fourth-order valence-corrected chi connectivity index (χ4v) is 4.97. The third-order valence-corrected chi connectivity index (χ3v) is 6.39. The summed E-state index contributed by atoms with van der Waals surface area (Å²) >= 11 is 1.61. The molecule has 158 valence electrons. The van der Waals surface area contributed by atoms with Gasteiger partial charge < -0.3 is 15.0 Å². The van der Waals surface area contributed by atoms with Gasteiger partial charge in [0.15, 0.2) is 11.6 Å². The molecule has 30 heavy (non-hydrogen) atoms. The van der Waals surface area contributed by atoms with Gasteiger partial charge in [-0.15, -0.1) is 11.3 Å². The Bertz CT molecular complexity index is 1110. The monoisotopic (exact) mass is 429 g/mol. The molecule has 1 aliphatic carbocycles. The van der Waals surface area contributed by atoms with Crippen LogP contribution in [0.3, 0.4) is 0 Å². The number of ether oxygens (including phenoxy) is 1. The molecule has 1 aliphatic rings. The molecule has 0 spiro atoms. The van der Waals surface area contributed by atoms with Gasteiger partial charge >= 0.3 is 0 Å². The standard InChI is InChI=1S/C22H24FN3O3S/c23-15-7-2-3-8-16(15)29-13-5-12-24-19(27)11-10-18-25-21(28)20-14-6-1-4-9-17(14)30-22(20)26-18/h2-3,7-8H,1,4-6,9-13H2,(H,24,27)(H,25,26,28). The van der Waals surface area contributed by atoms with Crippen LogP contribution in [0.25, 0.3) is 10.2 Å². The number of nitrogens with one attached hydrogen (secondary N) is 2. The lowest BCUT2D eigenvalue weighted by Crippen LogP contribution is -2.26. The van der Waals surface area contributed by atoms with Gasteiger partial charge in [-0.3, -0.25) is 9.59 Å². The Balaban J connectivity index is 1.24. The number of carbonyl (C=O) groups is 1. The van der Waals surface area contributed by atoms with Crippen molar-refractivity contribution in [2.75, 3.05) is 13.2 Å². The highest BCUT2D eigenvalue weighted by atomic mass is 32.1. The number of halogens is 1. The van der Waals surface area contributed by atoms with Gasteiger partial charge in [0.2, 0.25) is 5.91 Å². The topological polar surface area (TPSA) is 84.1 Å². The molecule has 0 fully saturated rings. The van der Waals surface area contributed by atoms with E-state index < -0.39 is 5.82 Å². The highest BCUT2D eigenvalue weighted by Crippen LogP contribution is 2.33. The average Bonchev–Trinajstić information content (AvgIpc) is 3.12. The summed E-state index contributed by atoms with van der Waals surface area (Å²) < 4.78 is 18.8. The molecule has 0 radical (unpaired) electrons. The molecule has 6 nitrogen and oxygen atoms in total. The molecule has 0 atom stereocenters. The van der Waals surface area contributed by atoms with Gasteiger partial charge in [-0.2, -0.15) is 0 Å². The number of carbonyl (C=O) groups excluding carboxylic acids is 1. The van der Waals surface area contributed by atoms with E-state index in [9.17, 15) is 14.0 Å². The maximum Gasteiger partial charge on any atom is 0.259 e. The minimum Gasteiger partial charge on any atom is -0.490 e. The molecule has 1 aromatic carbocycles. The maximum atomic E-state index is 13.5. The van der Waals surface area contributed by atoms with Crippen LogP contribution in [0.15, 0.2) is 29.1 Å². The first-order valence-electron chi connectivity index (χ1n) is 10.3. The zero-order valence-electron chi connectivity index (χ0n) is 16.6. The van der Waals surface area contributed by atoms with Gasteiger partial charge in [-0.05, 0) is 49.8 Å². The summed E-state index contributed by atoms with van der Waals surface area (Å²) in [6.07, 6.45) is 5.44. The van der Waals surface area contributed by atoms with Crippen LogP contribution >= 0.6 is 11.3 Å². The first kappa shape index (κ1) is 20.5. The molecule has 0 bridgehead atoms. The Morgan fingerprint density at radius 3 is 2.97 bits per heavy atom. The van der Waals surface area contributed by atoms with Crippen molar-refractivity contribution in [1.82, 2.24) is 15.3 Å². The van der Waals surface area contributed by atoms with E-state index in [2.05, 4.69) is 15.3 Å². The number of aromatic nitrogens is 2. The summed E-state index contributed by atoms with van der Waals surface area (Å²) in [6.45, 7) is 0.754. The van der Waals surface area contributed by atoms with E-state index in [1.54, 1.807) is 29.5 Å². The normalized spacial score (nSPS) is 13.2. The number of hydrogen-bond donors (Lipinski definition) is 2. The molecule has 2 N–H and O–H groups in total. The molecule has 4 rings (SSSR count). The van der Waals surface area contributed by atoms with Gasteiger partial charge in [-0.1, -0.05) is 12.1 Å². The summed E-state index contributed by atoms with van der Waals surface area (Å²) in [7, 11) is 0. The molecular formula is C22H24FN3O3S. The van der Waals surface area contributed by atoms with Gasteiger partial charge in [0.25, 0.3) is 5.56 Å². The van der Waals surface area contributed by atoms with Crippen LogP contribution in [0.4, 0.5) is 4.39 Å². The van der Waals surface area contributed by atoms with Crippen molar-refractivity contribution in [1.29, 1.82) is 0 Å². The maximum absolute atomic E-state index is 13.5. The minimum atomic E-state index is -0.397. The Morgan fingerprint density at radius 2 is 2.10 bits per heavy atom. The van der Waals surface area contributed by atoms with Crippen LogP contribution in [-0.4, -0.2) is 29.0 Å². The zero-order chi connectivity index (χ0) is 20.9. The largest absolute Gasteiger partial charge is 0.490 e. The highest BCUT2D eigenvalue weighted by molar-refractivity contribution is 7.18. The smallest absolute Gasteiger partial charge is 0.259 e. The van der Waals surface area contributed by atoms with E-state index in [0.29, 0.717) is 31.8 Å². The van der Waals surface area contributed by atoms with E-state index in [1.807, 2.05) is 0 Å². The molecule has 8 heteroatoms. The van der Waals surface area contributed by atoms with E-state index >= 15 is 0 Å². The van der Waals surface area contributed by atoms with E-state index in [1.165, 1.54) is 10.9 Å². The molecular weight excluding hydrogens is 405 g/mol. The number of amides is 1. The molecule has 0 unspecified atom stereocenters. The highest BCUT2D eigenvalue weighted by Gasteiger charge is 2.19. The number of aryl methyl sites for hydroxylation is 3. The van der Waals surface area contributed by atoms with Crippen molar-refractivity contribution in [2.45, 2.75) is 44.9 Å². The van der Waals surface area contributed by atoms with Crippen LogP contribution in [0.5, 0.6) is 5.75 Å². The molecule has 1 amide bonds. The second-order valence-corrected chi connectivity index (χ2v) is 8.47. The molecule has 3 aromatic rings. The first-order valence-corrected chi connectivity index (χ1v) is 11.1. The average molecular weight is 430 g/mol. The Morgan fingerprint density at radius 1 is 1.27 bits per heavy atom. The van der Waals surface area contributed by atoms with Crippen LogP contribution in [0.2, 0.25) is 0 Å². The minimum absolute atomic E-state index is 0.0971. The number of hydrogen-bond acceptors (Lipinski definition) is 5. The third-order valence-electron chi connectivity index (χ3n) is 5.20. The number of rotatable bonds is 8. The van der Waals surface area contributed by atoms with Crippen molar-refractivity contribution in [2.24, 2.45) is 0 Å². The molecule has 0 aliphatic heterocycles. The van der Waals surface area contributed by atoms with Crippen molar-refractivity contribution in [3.63, 3.8) is 0 Å². The summed E-state index contributed by atoms with van der Waals surface area (Å²) in [4.78, 5) is 34.1. The second-order valence-electron chi connectivity index (χ2n) is 7.39. The predicted molar refractivity (Wildman–Crippen MR) is 115 cm³/mol. The molecule has 0 saturated carbocycles. The summed E-state index contributed by atoms with van der Waals surface area (Å²) in [5.74, 6) is 0.245. The van der Waals surface area contributed by atoms with Crippen LogP contribution in [-0.2, 0) is 24.1 Å². The lowest BCUT2D eigenvalue weighted by Gasteiger charge is -2.09. The Labute approximate surface area is 177 Å². The van der Waals surface area contributed by atoms with E-state index in [-0.39, 0.29) is 23.6 Å². The Hall–Kier alpha value is -2.74. The first-order chi connectivity index (χ1) is 14.6. The fraction of sp³-hybridized carbons (Fsp3) is 0.409. The van der Waals surface area contributed by atoms with Crippen molar-refractivity contribution >= 4 is 27.5 Å².